The molecule has 0 saturated heterocycles. The van der Waals surface area contributed by atoms with Crippen LogP contribution in [0.3, 0.4) is 0 Å². The Balaban J connectivity index is 1.58. The standard InChI is InChI=1S/C19H20FNOS/c1-13-2-4-14(5-3-13)19(15-6-7-15)21-18(22)12-23-17-10-8-16(20)9-11-17/h2-5,8-11,15,19H,6-7,12H2,1H3,(H,21,22)/t19-/m0/s1. The van der Waals surface area contributed by atoms with Crippen molar-refractivity contribution in [2.45, 2.75) is 30.7 Å². The van der Waals surface area contributed by atoms with Crippen LogP contribution in [0, 0.1) is 18.7 Å². The van der Waals surface area contributed by atoms with Crippen molar-refractivity contribution in [3.05, 3.63) is 65.5 Å². The van der Waals surface area contributed by atoms with Crippen LogP contribution < -0.4 is 5.32 Å². The van der Waals surface area contributed by atoms with Gasteiger partial charge in [0.2, 0.25) is 5.91 Å². The summed E-state index contributed by atoms with van der Waals surface area (Å²) in [6.45, 7) is 2.06. The van der Waals surface area contributed by atoms with Crippen molar-refractivity contribution in [3.63, 3.8) is 0 Å². The molecule has 0 aromatic heterocycles. The van der Waals surface area contributed by atoms with Gasteiger partial charge in [0.1, 0.15) is 5.82 Å². The molecule has 1 atom stereocenters. The second-order valence-electron chi connectivity index (χ2n) is 6.04. The van der Waals surface area contributed by atoms with Crippen molar-refractivity contribution in [2.75, 3.05) is 5.75 Å². The molecule has 1 fully saturated rings. The third-order valence-electron chi connectivity index (χ3n) is 4.03. The summed E-state index contributed by atoms with van der Waals surface area (Å²) in [5.74, 6) is 0.669. The maximum Gasteiger partial charge on any atom is 0.230 e. The largest absolute Gasteiger partial charge is 0.348 e. The molecule has 0 heterocycles. The summed E-state index contributed by atoms with van der Waals surface area (Å²) in [5, 5.41) is 3.16. The lowest BCUT2D eigenvalue weighted by Crippen LogP contribution is -2.31. The van der Waals surface area contributed by atoms with Crippen LogP contribution >= 0.6 is 11.8 Å². The Morgan fingerprint density at radius 2 is 1.83 bits per heavy atom. The fourth-order valence-corrected chi connectivity index (χ4v) is 3.28. The van der Waals surface area contributed by atoms with E-state index in [1.807, 2.05) is 0 Å². The molecule has 4 heteroatoms. The molecule has 1 amide bonds. The molecule has 2 nitrogen and oxygen atoms in total. The highest BCUT2D eigenvalue weighted by Gasteiger charge is 2.33. The van der Waals surface area contributed by atoms with E-state index < -0.39 is 0 Å². The van der Waals surface area contributed by atoms with Gasteiger partial charge in [-0.25, -0.2) is 4.39 Å². The van der Waals surface area contributed by atoms with E-state index in [1.54, 1.807) is 12.1 Å². The molecule has 0 bridgehead atoms. The molecule has 0 unspecified atom stereocenters. The molecule has 0 spiro atoms. The van der Waals surface area contributed by atoms with Gasteiger partial charge >= 0.3 is 0 Å². The number of carbonyl (C=O) groups is 1. The first kappa shape index (κ1) is 16.1. The smallest absolute Gasteiger partial charge is 0.230 e. The molecule has 2 aromatic carbocycles. The second-order valence-corrected chi connectivity index (χ2v) is 7.08. The molecule has 3 rings (SSSR count). The third-order valence-corrected chi connectivity index (χ3v) is 5.04. The van der Waals surface area contributed by atoms with Crippen molar-refractivity contribution in [1.82, 2.24) is 5.32 Å². The van der Waals surface area contributed by atoms with Crippen molar-refractivity contribution in [3.8, 4) is 0 Å². The van der Waals surface area contributed by atoms with Gasteiger partial charge in [0, 0.05) is 4.90 Å². The Hall–Kier alpha value is -1.81. The number of thioether (sulfide) groups is 1. The van der Waals surface area contributed by atoms with Crippen LogP contribution in [0.5, 0.6) is 0 Å². The number of amides is 1. The zero-order chi connectivity index (χ0) is 16.2. The molecule has 23 heavy (non-hydrogen) atoms. The Kier molecular flexibility index (Phi) is 5.01. The highest BCUT2D eigenvalue weighted by Crippen LogP contribution is 2.41. The topological polar surface area (TPSA) is 29.1 Å². The number of benzene rings is 2. The maximum absolute atomic E-state index is 12.9. The van der Waals surface area contributed by atoms with Gasteiger partial charge in [-0.3, -0.25) is 4.79 Å². The van der Waals surface area contributed by atoms with Crippen LogP contribution in [0.2, 0.25) is 0 Å². The lowest BCUT2D eigenvalue weighted by Gasteiger charge is -2.19. The van der Waals surface area contributed by atoms with Crippen molar-refractivity contribution in [2.24, 2.45) is 5.92 Å². The van der Waals surface area contributed by atoms with Crippen LogP contribution in [0.15, 0.2) is 53.4 Å². The Bertz CT molecular complexity index is 665. The van der Waals surface area contributed by atoms with Crippen molar-refractivity contribution >= 4 is 17.7 Å². The number of rotatable bonds is 6. The SMILES string of the molecule is Cc1ccc([C@H](NC(=O)CSc2ccc(F)cc2)C2CC2)cc1. The number of carbonyl (C=O) groups excluding carboxylic acids is 1. The van der Waals surface area contributed by atoms with Crippen molar-refractivity contribution in [1.29, 1.82) is 0 Å². The average molecular weight is 329 g/mol. The van der Waals surface area contributed by atoms with E-state index in [9.17, 15) is 9.18 Å². The van der Waals surface area contributed by atoms with Crippen LogP contribution in [0.1, 0.15) is 30.0 Å². The summed E-state index contributed by atoms with van der Waals surface area (Å²) in [7, 11) is 0. The molecule has 120 valence electrons. The molecule has 2 aromatic rings. The molecular weight excluding hydrogens is 309 g/mol. The van der Waals surface area contributed by atoms with E-state index in [2.05, 4.69) is 36.5 Å². The predicted molar refractivity (Wildman–Crippen MR) is 91.9 cm³/mol. The van der Waals surface area contributed by atoms with E-state index in [0.29, 0.717) is 11.7 Å². The second kappa shape index (κ2) is 7.18. The van der Waals surface area contributed by atoms with E-state index in [-0.39, 0.29) is 17.8 Å². The van der Waals surface area contributed by atoms with Gasteiger partial charge < -0.3 is 5.32 Å². The summed E-state index contributed by atoms with van der Waals surface area (Å²) < 4.78 is 12.9. The molecule has 1 aliphatic rings. The van der Waals surface area contributed by atoms with Gasteiger partial charge in [-0.2, -0.15) is 0 Å². The van der Waals surface area contributed by atoms with Crippen molar-refractivity contribution < 1.29 is 9.18 Å². The van der Waals surface area contributed by atoms with Gasteiger partial charge in [-0.15, -0.1) is 11.8 Å². The summed E-state index contributed by atoms with van der Waals surface area (Å²) in [5.41, 5.74) is 2.40. The van der Waals surface area contributed by atoms with E-state index >= 15 is 0 Å². The van der Waals surface area contributed by atoms with Gasteiger partial charge in [-0.1, -0.05) is 29.8 Å². The monoisotopic (exact) mass is 329 g/mol. The lowest BCUT2D eigenvalue weighted by atomic mass is 10.0. The number of nitrogens with one attached hydrogen (secondary N) is 1. The maximum atomic E-state index is 12.9. The Morgan fingerprint density at radius 1 is 1.17 bits per heavy atom. The van der Waals surface area contributed by atoms with E-state index in [0.717, 1.165) is 4.90 Å². The number of hydrogen-bond acceptors (Lipinski definition) is 2. The van der Waals surface area contributed by atoms with Crippen LogP contribution in [0.25, 0.3) is 0 Å². The normalized spacial score (nSPS) is 15.2. The highest BCUT2D eigenvalue weighted by atomic mass is 32.2. The quantitative estimate of drug-likeness (QED) is 0.791. The number of halogens is 1. The average Bonchev–Trinajstić information content (AvgIpc) is 3.38. The van der Waals surface area contributed by atoms with E-state index in [1.165, 1.54) is 47.9 Å². The lowest BCUT2D eigenvalue weighted by molar-refractivity contribution is -0.119. The molecule has 1 N–H and O–H groups in total. The molecule has 0 radical (unpaired) electrons. The summed E-state index contributed by atoms with van der Waals surface area (Å²) in [4.78, 5) is 13.2. The fraction of sp³-hybridized carbons (Fsp3) is 0.316. The first-order valence-electron chi connectivity index (χ1n) is 7.86. The molecular formula is C19H20FNOS. The zero-order valence-corrected chi connectivity index (χ0v) is 13.9. The minimum Gasteiger partial charge on any atom is -0.348 e. The predicted octanol–water partition coefficient (Wildman–Crippen LogP) is 4.49. The molecule has 0 aliphatic heterocycles. The summed E-state index contributed by atoms with van der Waals surface area (Å²) in [6, 6.07) is 14.7. The van der Waals surface area contributed by atoms with Crippen LogP contribution in [0.4, 0.5) is 4.39 Å². The molecule has 1 saturated carbocycles. The fourth-order valence-electron chi connectivity index (χ4n) is 2.57. The number of aryl methyl sites for hydroxylation is 1. The zero-order valence-electron chi connectivity index (χ0n) is 13.1. The Labute approximate surface area is 140 Å². The highest BCUT2D eigenvalue weighted by molar-refractivity contribution is 8.00. The van der Waals surface area contributed by atoms with Crippen LogP contribution in [-0.2, 0) is 4.79 Å². The first-order valence-corrected chi connectivity index (χ1v) is 8.84. The van der Waals surface area contributed by atoms with Crippen LogP contribution in [-0.4, -0.2) is 11.7 Å². The minimum absolute atomic E-state index is 0.0248. The molecule has 1 aliphatic carbocycles. The van der Waals surface area contributed by atoms with Gasteiger partial charge in [0.15, 0.2) is 0 Å². The summed E-state index contributed by atoms with van der Waals surface area (Å²) >= 11 is 1.43. The van der Waals surface area contributed by atoms with Gasteiger partial charge in [0.05, 0.1) is 11.8 Å². The summed E-state index contributed by atoms with van der Waals surface area (Å²) in [6.07, 6.45) is 2.34. The number of hydrogen-bond donors (Lipinski definition) is 1. The first-order chi connectivity index (χ1) is 11.1. The third kappa shape index (κ3) is 4.58. The van der Waals surface area contributed by atoms with Gasteiger partial charge in [0.25, 0.3) is 0 Å². The Morgan fingerprint density at radius 3 is 2.43 bits per heavy atom. The van der Waals surface area contributed by atoms with E-state index in [4.69, 9.17) is 0 Å². The minimum atomic E-state index is -0.257. The van der Waals surface area contributed by atoms with Gasteiger partial charge in [-0.05, 0) is 55.5 Å².